The molecule has 32 heavy (non-hydrogen) atoms. The first kappa shape index (κ1) is 21.7. The molecule has 0 saturated carbocycles. The monoisotopic (exact) mass is 448 g/mol. The number of amides is 1. The van der Waals surface area contributed by atoms with Crippen LogP contribution in [0.15, 0.2) is 60.0 Å². The number of ketones is 1. The van der Waals surface area contributed by atoms with E-state index in [0.717, 1.165) is 16.3 Å². The number of aryl methyl sites for hydroxylation is 2. The highest BCUT2D eigenvalue weighted by Crippen LogP contribution is 2.41. The maximum atomic E-state index is 13.5. The van der Waals surface area contributed by atoms with Crippen LogP contribution >= 0.6 is 11.3 Å². The summed E-state index contributed by atoms with van der Waals surface area (Å²) in [6.07, 6.45) is 1.65. The number of carbonyl (C=O) groups excluding carboxylic acids is 2. The molecule has 164 valence electrons. The van der Waals surface area contributed by atoms with Crippen LogP contribution in [-0.2, 0) is 11.3 Å². The Balaban J connectivity index is 1.81. The second-order valence-corrected chi connectivity index (χ2v) is 9.08. The SMILES string of the molecule is Cc1nc(C)c(C(=O)C2=C(O)C(=O)N(Cc3ccccn3)C2c2ccc(N(C)C)cc2)s1. The molecule has 1 unspecified atom stereocenters. The van der Waals surface area contributed by atoms with Gasteiger partial charge in [-0.1, -0.05) is 18.2 Å². The third-order valence-electron chi connectivity index (χ3n) is 5.44. The Morgan fingerprint density at radius 1 is 1.16 bits per heavy atom. The number of hydrogen-bond acceptors (Lipinski definition) is 7. The van der Waals surface area contributed by atoms with E-state index in [1.807, 2.05) is 62.3 Å². The Kier molecular flexibility index (Phi) is 5.80. The van der Waals surface area contributed by atoms with Crippen LogP contribution in [0.5, 0.6) is 0 Å². The van der Waals surface area contributed by atoms with Crippen molar-refractivity contribution in [1.29, 1.82) is 0 Å². The number of hydrogen-bond donors (Lipinski definition) is 1. The third kappa shape index (κ3) is 3.89. The minimum atomic E-state index is -0.727. The van der Waals surface area contributed by atoms with Gasteiger partial charge in [0.1, 0.15) is 0 Å². The van der Waals surface area contributed by atoms with Gasteiger partial charge in [-0.2, -0.15) is 0 Å². The Bertz CT molecular complexity index is 1200. The summed E-state index contributed by atoms with van der Waals surface area (Å²) >= 11 is 1.27. The van der Waals surface area contributed by atoms with Crippen molar-refractivity contribution in [3.05, 3.63) is 86.8 Å². The number of rotatable bonds is 6. The summed E-state index contributed by atoms with van der Waals surface area (Å²) in [5.41, 5.74) is 3.07. The number of aliphatic hydroxyl groups is 1. The van der Waals surface area contributed by atoms with Gasteiger partial charge in [-0.25, -0.2) is 4.98 Å². The molecule has 0 aliphatic carbocycles. The number of aliphatic hydroxyl groups excluding tert-OH is 1. The molecule has 4 rings (SSSR count). The molecule has 1 amide bonds. The normalized spacial score (nSPS) is 16.1. The van der Waals surface area contributed by atoms with Crippen LogP contribution in [0.1, 0.15) is 37.7 Å². The summed E-state index contributed by atoms with van der Waals surface area (Å²) in [5, 5.41) is 11.6. The molecular formula is C24H24N4O3S. The van der Waals surface area contributed by atoms with Crippen molar-refractivity contribution in [3.8, 4) is 0 Å². The number of benzene rings is 1. The molecule has 1 N–H and O–H groups in total. The Hall–Kier alpha value is -3.52. The molecule has 7 nitrogen and oxygen atoms in total. The van der Waals surface area contributed by atoms with Gasteiger partial charge in [0.15, 0.2) is 5.76 Å². The largest absolute Gasteiger partial charge is 0.503 e. The van der Waals surface area contributed by atoms with Crippen molar-refractivity contribution in [2.75, 3.05) is 19.0 Å². The van der Waals surface area contributed by atoms with Crippen LogP contribution in [0.4, 0.5) is 5.69 Å². The highest BCUT2D eigenvalue weighted by atomic mass is 32.1. The summed E-state index contributed by atoms with van der Waals surface area (Å²) in [7, 11) is 3.88. The van der Waals surface area contributed by atoms with Gasteiger partial charge < -0.3 is 14.9 Å². The molecule has 0 bridgehead atoms. The van der Waals surface area contributed by atoms with E-state index in [0.29, 0.717) is 16.3 Å². The summed E-state index contributed by atoms with van der Waals surface area (Å²) in [6.45, 7) is 3.76. The molecule has 0 saturated heterocycles. The van der Waals surface area contributed by atoms with E-state index >= 15 is 0 Å². The lowest BCUT2D eigenvalue weighted by molar-refractivity contribution is -0.130. The molecule has 0 fully saturated rings. The zero-order valence-electron chi connectivity index (χ0n) is 18.4. The van der Waals surface area contributed by atoms with E-state index in [4.69, 9.17) is 0 Å². The van der Waals surface area contributed by atoms with Crippen LogP contribution in [0, 0.1) is 13.8 Å². The molecule has 1 aliphatic heterocycles. The van der Waals surface area contributed by atoms with Gasteiger partial charge in [-0.3, -0.25) is 14.6 Å². The second-order valence-electron chi connectivity index (χ2n) is 7.88. The molecule has 3 aromatic rings. The topological polar surface area (TPSA) is 86.6 Å². The van der Waals surface area contributed by atoms with Crippen LogP contribution in [-0.4, -0.2) is 45.8 Å². The standard InChI is InChI=1S/C24H24N4O3S/c1-14-23(32-15(2)26-14)21(29)19-20(16-8-10-18(11-9-16)27(3)4)28(24(31)22(19)30)13-17-7-5-6-12-25-17/h5-12,20,30H,13H2,1-4H3. The maximum Gasteiger partial charge on any atom is 0.290 e. The Morgan fingerprint density at radius 3 is 2.44 bits per heavy atom. The fourth-order valence-electron chi connectivity index (χ4n) is 3.88. The average molecular weight is 449 g/mol. The van der Waals surface area contributed by atoms with E-state index < -0.39 is 17.7 Å². The van der Waals surface area contributed by atoms with Crippen LogP contribution in [0.2, 0.25) is 0 Å². The van der Waals surface area contributed by atoms with Gasteiger partial charge in [-0.05, 0) is 43.7 Å². The van der Waals surface area contributed by atoms with Crippen molar-refractivity contribution in [1.82, 2.24) is 14.9 Å². The molecule has 1 aliphatic rings. The average Bonchev–Trinajstić information content (AvgIpc) is 3.24. The maximum absolute atomic E-state index is 13.5. The van der Waals surface area contributed by atoms with E-state index in [1.54, 1.807) is 19.2 Å². The van der Waals surface area contributed by atoms with Crippen LogP contribution in [0.3, 0.4) is 0 Å². The summed E-state index contributed by atoms with van der Waals surface area (Å²) in [5.74, 6) is -1.47. The summed E-state index contributed by atoms with van der Waals surface area (Å²) in [4.78, 5) is 39.2. The highest BCUT2D eigenvalue weighted by Gasteiger charge is 2.44. The van der Waals surface area contributed by atoms with Gasteiger partial charge in [0, 0.05) is 26.0 Å². The van der Waals surface area contributed by atoms with Crippen molar-refractivity contribution in [3.63, 3.8) is 0 Å². The van der Waals surface area contributed by atoms with E-state index in [-0.39, 0.29) is 17.9 Å². The van der Waals surface area contributed by atoms with Gasteiger partial charge in [0.2, 0.25) is 5.78 Å². The molecule has 1 aromatic carbocycles. The number of pyridine rings is 1. The second kappa shape index (κ2) is 8.55. The van der Waals surface area contributed by atoms with Crippen LogP contribution in [0.25, 0.3) is 0 Å². The third-order valence-corrected chi connectivity index (χ3v) is 6.51. The minimum absolute atomic E-state index is 0.0790. The number of nitrogens with zero attached hydrogens (tertiary/aromatic N) is 4. The molecule has 2 aromatic heterocycles. The predicted molar refractivity (Wildman–Crippen MR) is 124 cm³/mol. The lowest BCUT2D eigenvalue weighted by Crippen LogP contribution is -2.31. The van der Waals surface area contributed by atoms with Crippen molar-refractivity contribution in [2.24, 2.45) is 0 Å². The van der Waals surface area contributed by atoms with Gasteiger partial charge >= 0.3 is 0 Å². The lowest BCUT2D eigenvalue weighted by Gasteiger charge is -2.27. The van der Waals surface area contributed by atoms with Crippen molar-refractivity contribution >= 4 is 28.7 Å². The molecule has 0 spiro atoms. The number of Topliss-reactive ketones (excluding diaryl/α,β-unsaturated/α-hetero) is 1. The van der Waals surface area contributed by atoms with Crippen LogP contribution < -0.4 is 4.90 Å². The van der Waals surface area contributed by atoms with E-state index in [2.05, 4.69) is 9.97 Å². The van der Waals surface area contributed by atoms with E-state index in [1.165, 1.54) is 16.2 Å². The van der Waals surface area contributed by atoms with Crippen molar-refractivity contribution in [2.45, 2.75) is 26.4 Å². The lowest BCUT2D eigenvalue weighted by atomic mass is 9.94. The first-order valence-electron chi connectivity index (χ1n) is 10.2. The van der Waals surface area contributed by atoms with Crippen molar-refractivity contribution < 1.29 is 14.7 Å². The zero-order valence-corrected chi connectivity index (χ0v) is 19.2. The van der Waals surface area contributed by atoms with E-state index in [9.17, 15) is 14.7 Å². The summed E-state index contributed by atoms with van der Waals surface area (Å²) in [6, 6.07) is 12.3. The first-order valence-corrected chi connectivity index (χ1v) is 11.0. The molecule has 0 radical (unpaired) electrons. The molecular weight excluding hydrogens is 424 g/mol. The fourth-order valence-corrected chi connectivity index (χ4v) is 4.75. The van der Waals surface area contributed by atoms with Gasteiger partial charge in [-0.15, -0.1) is 11.3 Å². The molecule has 3 heterocycles. The Labute approximate surface area is 190 Å². The predicted octanol–water partition coefficient (Wildman–Crippen LogP) is 4.00. The number of carbonyl (C=O) groups is 2. The molecule has 1 atom stereocenters. The first-order chi connectivity index (χ1) is 15.3. The molecule has 8 heteroatoms. The number of thiazole rings is 1. The summed E-state index contributed by atoms with van der Waals surface area (Å²) < 4.78 is 0. The number of aromatic nitrogens is 2. The Morgan fingerprint density at radius 2 is 1.88 bits per heavy atom. The number of anilines is 1. The van der Waals surface area contributed by atoms with Gasteiger partial charge in [0.25, 0.3) is 5.91 Å². The smallest absolute Gasteiger partial charge is 0.290 e. The minimum Gasteiger partial charge on any atom is -0.503 e. The quantitative estimate of drug-likeness (QED) is 0.574. The van der Waals surface area contributed by atoms with Gasteiger partial charge in [0.05, 0.1) is 39.4 Å². The highest BCUT2D eigenvalue weighted by molar-refractivity contribution is 7.14. The fraction of sp³-hybridized carbons (Fsp3) is 0.250. The zero-order chi connectivity index (χ0) is 23.0.